The van der Waals surface area contributed by atoms with E-state index >= 15 is 0 Å². The van der Waals surface area contributed by atoms with Crippen molar-refractivity contribution in [1.82, 2.24) is 0 Å². The predicted octanol–water partition coefficient (Wildman–Crippen LogP) is -0.0475. The highest BCUT2D eigenvalue weighted by Gasteiger charge is 1.94. The molecule has 4 nitrogen and oxygen atoms in total. The van der Waals surface area contributed by atoms with Gasteiger partial charge in [0, 0.05) is 0 Å². The van der Waals surface area contributed by atoms with Crippen molar-refractivity contribution in [2.75, 3.05) is 6.61 Å². The minimum atomic E-state index is -1.23. The highest BCUT2D eigenvalue weighted by Crippen LogP contribution is 2.11. The van der Waals surface area contributed by atoms with Crippen molar-refractivity contribution in [3.05, 3.63) is 29.8 Å². The van der Waals surface area contributed by atoms with Gasteiger partial charge in [0.05, 0.1) is 5.97 Å². The molecule has 0 saturated carbocycles. The van der Waals surface area contributed by atoms with Gasteiger partial charge in [-0.3, -0.25) is 0 Å². The van der Waals surface area contributed by atoms with Crippen LogP contribution in [0.3, 0.4) is 0 Å². The van der Waals surface area contributed by atoms with E-state index in [0.29, 0.717) is 5.75 Å². The zero-order valence-corrected chi connectivity index (χ0v) is 6.69. The van der Waals surface area contributed by atoms with Gasteiger partial charge < -0.3 is 14.6 Å². The number of aromatic carboxylic acids is 1. The van der Waals surface area contributed by atoms with E-state index in [1.807, 2.05) is 0 Å². The molecule has 0 atom stereocenters. The predicted molar refractivity (Wildman–Crippen MR) is 41.9 cm³/mol. The topological polar surface area (TPSA) is 73.1 Å². The molecule has 0 radical (unpaired) electrons. The van der Waals surface area contributed by atoms with Crippen LogP contribution in [0.4, 0.5) is 0 Å². The summed E-state index contributed by atoms with van der Waals surface area (Å²) < 4.78 is 4.92. The van der Waals surface area contributed by atoms with Crippen molar-refractivity contribution in [2.45, 2.75) is 0 Å². The number of hydrogen-bond donors (Lipinski definition) is 0. The Bertz CT molecular complexity index is 337. The first kappa shape index (κ1) is 9.07. The van der Waals surface area contributed by atoms with Crippen molar-refractivity contribution in [3.63, 3.8) is 0 Å². The van der Waals surface area contributed by atoms with E-state index in [1.54, 1.807) is 6.07 Å². The van der Waals surface area contributed by atoms with Crippen LogP contribution < -0.4 is 9.84 Å². The van der Waals surface area contributed by atoms with Gasteiger partial charge in [-0.1, -0.05) is 0 Å². The van der Waals surface area contributed by atoms with Gasteiger partial charge in [0.1, 0.15) is 11.8 Å². The van der Waals surface area contributed by atoms with E-state index in [-0.39, 0.29) is 12.2 Å². The maximum absolute atomic E-state index is 10.3. The van der Waals surface area contributed by atoms with Crippen LogP contribution in [0.25, 0.3) is 0 Å². The van der Waals surface area contributed by atoms with Crippen molar-refractivity contribution >= 4 is 5.97 Å². The number of carboxylic acid groups (broad SMARTS) is 1. The molecule has 0 aliphatic rings. The van der Waals surface area contributed by atoms with Gasteiger partial charge in [0.2, 0.25) is 0 Å². The van der Waals surface area contributed by atoms with Gasteiger partial charge in [-0.2, -0.15) is 5.26 Å². The number of nitrogens with zero attached hydrogens (tertiary/aromatic N) is 1. The summed E-state index contributed by atoms with van der Waals surface area (Å²) in [6, 6.07) is 7.48. The smallest absolute Gasteiger partial charge is 0.174 e. The highest BCUT2D eigenvalue weighted by atomic mass is 16.5. The maximum atomic E-state index is 10.3. The molecule has 4 heteroatoms. The van der Waals surface area contributed by atoms with E-state index in [9.17, 15) is 9.90 Å². The Morgan fingerprint density at radius 1 is 1.46 bits per heavy atom. The number of carbonyl (C=O) groups is 1. The van der Waals surface area contributed by atoms with E-state index in [0.717, 1.165) is 0 Å². The van der Waals surface area contributed by atoms with E-state index in [1.165, 1.54) is 24.3 Å². The molecule has 1 aromatic rings. The zero-order chi connectivity index (χ0) is 9.68. The fraction of sp³-hybridized carbons (Fsp3) is 0.111. The minimum Gasteiger partial charge on any atom is -0.545 e. The lowest BCUT2D eigenvalue weighted by Crippen LogP contribution is -2.21. The monoisotopic (exact) mass is 176 g/mol. The third-order valence-electron chi connectivity index (χ3n) is 1.39. The van der Waals surface area contributed by atoms with Gasteiger partial charge in [0.15, 0.2) is 6.61 Å². The SMILES string of the molecule is N#CCOc1ccc(C(=O)[O-])cc1. The summed E-state index contributed by atoms with van der Waals surface area (Å²) >= 11 is 0. The molecular formula is C9H6NO3-. The molecule has 0 aliphatic carbocycles. The lowest BCUT2D eigenvalue weighted by molar-refractivity contribution is -0.255. The fourth-order valence-electron chi connectivity index (χ4n) is 0.803. The summed E-state index contributed by atoms with van der Waals surface area (Å²) in [5.41, 5.74) is 0.0873. The molecule has 0 spiro atoms. The Balaban J connectivity index is 2.71. The van der Waals surface area contributed by atoms with Gasteiger partial charge in [-0.05, 0) is 29.8 Å². The normalized spacial score (nSPS) is 8.85. The molecule has 13 heavy (non-hydrogen) atoms. The first-order valence-electron chi connectivity index (χ1n) is 3.55. The summed E-state index contributed by atoms with van der Waals surface area (Å²) in [5, 5.41) is 18.5. The minimum absolute atomic E-state index is 0.0509. The molecule has 0 fully saturated rings. The number of nitriles is 1. The largest absolute Gasteiger partial charge is 0.545 e. The average Bonchev–Trinajstić information content (AvgIpc) is 2.15. The number of rotatable bonds is 3. The van der Waals surface area contributed by atoms with Gasteiger partial charge >= 0.3 is 0 Å². The summed E-state index contributed by atoms with van der Waals surface area (Å²) in [4.78, 5) is 10.3. The molecule has 66 valence electrons. The average molecular weight is 176 g/mol. The first-order valence-corrected chi connectivity index (χ1v) is 3.55. The van der Waals surface area contributed by atoms with Crippen LogP contribution in [0.2, 0.25) is 0 Å². The Labute approximate surface area is 75.0 Å². The van der Waals surface area contributed by atoms with Crippen molar-refractivity contribution in [1.29, 1.82) is 5.26 Å². The van der Waals surface area contributed by atoms with Crippen molar-refractivity contribution in [2.24, 2.45) is 0 Å². The van der Waals surface area contributed by atoms with E-state index in [4.69, 9.17) is 10.00 Å². The first-order chi connectivity index (χ1) is 6.24. The summed E-state index contributed by atoms with van der Waals surface area (Å²) in [6.45, 7) is -0.0509. The molecule has 0 saturated heterocycles. The number of carboxylic acids is 1. The third-order valence-corrected chi connectivity index (χ3v) is 1.39. The zero-order valence-electron chi connectivity index (χ0n) is 6.69. The maximum Gasteiger partial charge on any atom is 0.174 e. The lowest BCUT2D eigenvalue weighted by atomic mass is 10.2. The van der Waals surface area contributed by atoms with Gasteiger partial charge in [-0.15, -0.1) is 0 Å². The molecule has 0 bridgehead atoms. The molecule has 0 N–H and O–H groups in total. The molecule has 0 aromatic heterocycles. The molecular weight excluding hydrogens is 170 g/mol. The van der Waals surface area contributed by atoms with Gasteiger partial charge in [-0.25, -0.2) is 0 Å². The summed E-state index contributed by atoms with van der Waals surface area (Å²) in [5.74, 6) is -0.765. The lowest BCUT2D eigenvalue weighted by Gasteiger charge is -2.03. The Kier molecular flexibility index (Phi) is 2.87. The van der Waals surface area contributed by atoms with E-state index < -0.39 is 5.97 Å². The van der Waals surface area contributed by atoms with E-state index in [2.05, 4.69) is 0 Å². The second kappa shape index (κ2) is 4.12. The summed E-state index contributed by atoms with van der Waals surface area (Å²) in [6.07, 6.45) is 0. The molecule has 1 rings (SSSR count). The summed E-state index contributed by atoms with van der Waals surface area (Å²) in [7, 11) is 0. The Morgan fingerprint density at radius 3 is 2.54 bits per heavy atom. The second-order valence-corrected chi connectivity index (χ2v) is 2.26. The number of hydrogen-bond acceptors (Lipinski definition) is 4. The van der Waals surface area contributed by atoms with Crippen LogP contribution in [0.15, 0.2) is 24.3 Å². The van der Waals surface area contributed by atoms with Crippen molar-refractivity contribution in [3.8, 4) is 11.8 Å². The second-order valence-electron chi connectivity index (χ2n) is 2.26. The number of carbonyl (C=O) groups excluding carboxylic acids is 1. The van der Waals surface area contributed by atoms with Crippen LogP contribution >= 0.6 is 0 Å². The number of ether oxygens (including phenoxy) is 1. The van der Waals surface area contributed by atoms with Crippen LogP contribution in [-0.2, 0) is 0 Å². The molecule has 0 amide bonds. The standard InChI is InChI=1S/C9H7NO3/c10-5-6-13-8-3-1-7(2-4-8)9(11)12/h1-4H,6H2,(H,11,12)/p-1. The third kappa shape index (κ3) is 2.49. The Hall–Kier alpha value is -2.02. The van der Waals surface area contributed by atoms with Gasteiger partial charge in [0.25, 0.3) is 0 Å². The van der Waals surface area contributed by atoms with Crippen molar-refractivity contribution < 1.29 is 14.6 Å². The fourth-order valence-corrected chi connectivity index (χ4v) is 0.803. The Morgan fingerprint density at radius 2 is 2.08 bits per heavy atom. The quantitative estimate of drug-likeness (QED) is 0.647. The molecule has 0 aliphatic heterocycles. The molecule has 1 aromatic carbocycles. The highest BCUT2D eigenvalue weighted by molar-refractivity contribution is 5.85. The van der Waals surface area contributed by atoms with Crippen LogP contribution in [0.5, 0.6) is 5.75 Å². The van der Waals surface area contributed by atoms with Crippen LogP contribution in [-0.4, -0.2) is 12.6 Å². The van der Waals surface area contributed by atoms with Crippen LogP contribution in [0.1, 0.15) is 10.4 Å². The number of benzene rings is 1. The molecule has 0 heterocycles. The molecule has 0 unspecified atom stereocenters. The van der Waals surface area contributed by atoms with Crippen LogP contribution in [0, 0.1) is 11.3 Å².